The fraction of sp³-hybridized carbons (Fsp3) is 0.522. The molecule has 0 atom stereocenters. The summed E-state index contributed by atoms with van der Waals surface area (Å²) in [5, 5.41) is 8.89. The summed E-state index contributed by atoms with van der Waals surface area (Å²) in [4.78, 5) is 19.0. The van der Waals surface area contributed by atoms with Crippen LogP contribution < -0.4 is 4.74 Å². The molecule has 0 aliphatic rings. The third-order valence-corrected chi connectivity index (χ3v) is 4.78. The Balaban J connectivity index is 1.59. The molecule has 2 rings (SSSR count). The highest BCUT2D eigenvalue weighted by Gasteiger charge is 2.06. The zero-order chi connectivity index (χ0) is 20.0. The smallest absolute Gasteiger partial charge is 0.338 e. The fourth-order valence-corrected chi connectivity index (χ4v) is 3.07. The zero-order valence-electron chi connectivity index (χ0n) is 16.9. The number of carboxylic acid groups (broad SMARTS) is 1. The van der Waals surface area contributed by atoms with Crippen molar-refractivity contribution in [1.29, 1.82) is 0 Å². The Hall–Kier alpha value is -2.43. The third-order valence-electron chi connectivity index (χ3n) is 4.78. The molecule has 0 unspecified atom stereocenters. The molecule has 0 aliphatic carbocycles. The quantitative estimate of drug-likeness (QED) is 0.396. The molecule has 0 spiro atoms. The van der Waals surface area contributed by atoms with Crippen molar-refractivity contribution < 1.29 is 14.6 Å². The number of aromatic nitrogens is 2. The highest BCUT2D eigenvalue weighted by atomic mass is 16.5. The Morgan fingerprint density at radius 3 is 1.93 bits per heavy atom. The van der Waals surface area contributed by atoms with Gasteiger partial charge in [0.1, 0.15) is 5.75 Å². The number of benzene rings is 1. The molecule has 0 saturated heterocycles. The van der Waals surface area contributed by atoms with E-state index in [1.807, 2.05) is 24.3 Å². The number of carbonyl (C=O) groups is 1. The minimum Gasteiger partial charge on any atom is -0.494 e. The summed E-state index contributed by atoms with van der Waals surface area (Å²) in [7, 11) is 0. The predicted octanol–water partition coefficient (Wildman–Crippen LogP) is 6.14. The standard InChI is InChI=1S/C23H32N2O3/c1-2-3-4-5-6-7-8-9-10-11-16-28-21-14-12-19(13-15-21)22-24-17-20(18-25-22)23(26)27/h12-15,17-18H,2-11,16H2,1H3,(H,26,27). The lowest BCUT2D eigenvalue weighted by Crippen LogP contribution is -2.00. The number of unbranched alkanes of at least 4 members (excludes halogenated alkanes) is 9. The topological polar surface area (TPSA) is 72.3 Å². The third kappa shape index (κ3) is 8.07. The molecule has 0 amide bonds. The lowest BCUT2D eigenvalue weighted by molar-refractivity contribution is 0.0696. The summed E-state index contributed by atoms with van der Waals surface area (Å²) in [5.41, 5.74) is 0.920. The van der Waals surface area contributed by atoms with E-state index in [1.165, 1.54) is 70.2 Å². The van der Waals surface area contributed by atoms with E-state index in [4.69, 9.17) is 9.84 Å². The van der Waals surface area contributed by atoms with Crippen molar-refractivity contribution in [3.05, 3.63) is 42.2 Å². The number of carboxylic acids is 1. The maximum absolute atomic E-state index is 10.8. The van der Waals surface area contributed by atoms with Crippen molar-refractivity contribution >= 4 is 5.97 Å². The molecule has 1 N–H and O–H groups in total. The van der Waals surface area contributed by atoms with Crippen LogP contribution in [-0.2, 0) is 0 Å². The maximum atomic E-state index is 10.8. The molecule has 2 aromatic rings. The second kappa shape index (κ2) is 12.9. The Morgan fingerprint density at radius 1 is 0.857 bits per heavy atom. The monoisotopic (exact) mass is 384 g/mol. The Bertz CT molecular complexity index is 684. The van der Waals surface area contributed by atoms with Crippen LogP contribution in [0, 0.1) is 0 Å². The first-order valence-electron chi connectivity index (χ1n) is 10.5. The van der Waals surface area contributed by atoms with Gasteiger partial charge in [-0.2, -0.15) is 0 Å². The SMILES string of the molecule is CCCCCCCCCCCCOc1ccc(-c2ncc(C(=O)O)cn2)cc1. The minimum atomic E-state index is -1.03. The van der Waals surface area contributed by atoms with Gasteiger partial charge in [0.15, 0.2) is 5.82 Å². The van der Waals surface area contributed by atoms with Crippen molar-refractivity contribution in [2.45, 2.75) is 71.1 Å². The summed E-state index contributed by atoms with van der Waals surface area (Å²) in [6.45, 7) is 2.99. The van der Waals surface area contributed by atoms with Crippen LogP contribution in [0.1, 0.15) is 81.5 Å². The average molecular weight is 385 g/mol. The van der Waals surface area contributed by atoms with Gasteiger partial charge in [0.2, 0.25) is 0 Å². The maximum Gasteiger partial charge on any atom is 0.338 e. The first-order chi connectivity index (χ1) is 13.7. The number of hydrogen-bond donors (Lipinski definition) is 1. The molecule has 152 valence electrons. The van der Waals surface area contributed by atoms with E-state index in [2.05, 4.69) is 16.9 Å². The van der Waals surface area contributed by atoms with Crippen molar-refractivity contribution in [2.24, 2.45) is 0 Å². The van der Waals surface area contributed by atoms with Gasteiger partial charge in [0.25, 0.3) is 0 Å². The molecule has 5 heteroatoms. The van der Waals surface area contributed by atoms with Crippen LogP contribution in [0.25, 0.3) is 11.4 Å². The number of hydrogen-bond acceptors (Lipinski definition) is 4. The molecule has 0 radical (unpaired) electrons. The van der Waals surface area contributed by atoms with Gasteiger partial charge in [-0.25, -0.2) is 14.8 Å². The van der Waals surface area contributed by atoms with Crippen LogP contribution in [0.3, 0.4) is 0 Å². The van der Waals surface area contributed by atoms with Crippen molar-refractivity contribution in [3.63, 3.8) is 0 Å². The van der Waals surface area contributed by atoms with E-state index in [0.717, 1.165) is 24.3 Å². The van der Waals surface area contributed by atoms with Crippen LogP contribution in [0.4, 0.5) is 0 Å². The van der Waals surface area contributed by atoms with E-state index in [9.17, 15) is 4.79 Å². The molecule has 28 heavy (non-hydrogen) atoms. The summed E-state index contributed by atoms with van der Waals surface area (Å²) in [6.07, 6.45) is 15.8. The largest absolute Gasteiger partial charge is 0.494 e. The normalized spacial score (nSPS) is 10.8. The van der Waals surface area contributed by atoms with E-state index >= 15 is 0 Å². The van der Waals surface area contributed by atoms with Crippen molar-refractivity contribution in [1.82, 2.24) is 9.97 Å². The van der Waals surface area contributed by atoms with Gasteiger partial charge in [-0.1, -0.05) is 64.7 Å². The average Bonchev–Trinajstić information content (AvgIpc) is 2.72. The molecule has 0 aliphatic heterocycles. The molecule has 1 aromatic carbocycles. The summed E-state index contributed by atoms with van der Waals surface area (Å²) >= 11 is 0. The zero-order valence-corrected chi connectivity index (χ0v) is 16.9. The van der Waals surface area contributed by atoms with E-state index in [0.29, 0.717) is 5.82 Å². The number of nitrogens with zero attached hydrogens (tertiary/aromatic N) is 2. The van der Waals surface area contributed by atoms with Gasteiger partial charge in [-0.15, -0.1) is 0 Å². The molecule has 0 saturated carbocycles. The molecular weight excluding hydrogens is 352 g/mol. The molecule has 1 heterocycles. The van der Waals surface area contributed by atoms with Crippen molar-refractivity contribution in [2.75, 3.05) is 6.61 Å². The van der Waals surface area contributed by atoms with Crippen LogP contribution >= 0.6 is 0 Å². The molecule has 0 fully saturated rings. The number of ether oxygens (including phenoxy) is 1. The second-order valence-electron chi connectivity index (χ2n) is 7.16. The first kappa shape index (κ1) is 21.9. The second-order valence-corrected chi connectivity index (χ2v) is 7.16. The van der Waals surface area contributed by atoms with Gasteiger partial charge in [-0.3, -0.25) is 0 Å². The van der Waals surface area contributed by atoms with Crippen LogP contribution in [0.2, 0.25) is 0 Å². The fourth-order valence-electron chi connectivity index (χ4n) is 3.07. The first-order valence-corrected chi connectivity index (χ1v) is 10.5. The Labute approximate surface area is 168 Å². The number of aromatic carboxylic acids is 1. The van der Waals surface area contributed by atoms with Crippen LogP contribution in [-0.4, -0.2) is 27.7 Å². The van der Waals surface area contributed by atoms with Gasteiger partial charge in [-0.05, 0) is 30.7 Å². The predicted molar refractivity (Wildman–Crippen MR) is 112 cm³/mol. The molecule has 1 aromatic heterocycles. The minimum absolute atomic E-state index is 0.0835. The lowest BCUT2D eigenvalue weighted by Gasteiger charge is -2.07. The van der Waals surface area contributed by atoms with E-state index in [-0.39, 0.29) is 5.56 Å². The Morgan fingerprint density at radius 2 is 1.39 bits per heavy atom. The highest BCUT2D eigenvalue weighted by Crippen LogP contribution is 2.19. The molecular formula is C23H32N2O3. The van der Waals surface area contributed by atoms with Gasteiger partial charge in [0.05, 0.1) is 12.2 Å². The molecule has 5 nitrogen and oxygen atoms in total. The molecule has 0 bridgehead atoms. The summed E-state index contributed by atoms with van der Waals surface area (Å²) < 4.78 is 5.80. The van der Waals surface area contributed by atoms with Gasteiger partial charge < -0.3 is 9.84 Å². The number of rotatable bonds is 14. The summed E-state index contributed by atoms with van der Waals surface area (Å²) in [5.74, 6) is 0.315. The van der Waals surface area contributed by atoms with Crippen LogP contribution in [0.15, 0.2) is 36.7 Å². The van der Waals surface area contributed by atoms with E-state index < -0.39 is 5.97 Å². The highest BCUT2D eigenvalue weighted by molar-refractivity contribution is 5.86. The van der Waals surface area contributed by atoms with Crippen molar-refractivity contribution in [3.8, 4) is 17.1 Å². The lowest BCUT2D eigenvalue weighted by atomic mass is 10.1. The Kier molecular flexibility index (Phi) is 10.0. The van der Waals surface area contributed by atoms with Gasteiger partial charge >= 0.3 is 5.97 Å². The van der Waals surface area contributed by atoms with Crippen LogP contribution in [0.5, 0.6) is 5.75 Å². The van der Waals surface area contributed by atoms with Gasteiger partial charge in [0, 0.05) is 18.0 Å². The summed E-state index contributed by atoms with van der Waals surface area (Å²) in [6, 6.07) is 7.59. The van der Waals surface area contributed by atoms with E-state index in [1.54, 1.807) is 0 Å².